The Morgan fingerprint density at radius 3 is 2.87 bits per heavy atom. The number of aromatic nitrogens is 1. The van der Waals surface area contributed by atoms with E-state index in [-0.39, 0.29) is 5.91 Å². The molecule has 3 rings (SSSR count). The lowest BCUT2D eigenvalue weighted by Crippen LogP contribution is -2.21. The van der Waals surface area contributed by atoms with Gasteiger partial charge in [0, 0.05) is 18.8 Å². The molecule has 0 saturated heterocycles. The maximum Gasteiger partial charge on any atom is 0.261 e. The van der Waals surface area contributed by atoms with Crippen molar-refractivity contribution in [3.63, 3.8) is 0 Å². The highest BCUT2D eigenvalue weighted by molar-refractivity contribution is 7.12. The largest absolute Gasteiger partial charge is 0.439 e. The van der Waals surface area contributed by atoms with Crippen molar-refractivity contribution in [3.8, 4) is 11.6 Å². The number of carbonyl (C=O) groups is 1. The summed E-state index contributed by atoms with van der Waals surface area (Å²) in [5.74, 6) is 1.18. The van der Waals surface area contributed by atoms with Crippen molar-refractivity contribution in [2.24, 2.45) is 0 Å². The van der Waals surface area contributed by atoms with Crippen molar-refractivity contribution in [1.82, 2.24) is 10.3 Å². The van der Waals surface area contributed by atoms with Gasteiger partial charge in [-0.05, 0) is 47.7 Å². The maximum absolute atomic E-state index is 12.1. The van der Waals surface area contributed by atoms with Crippen LogP contribution >= 0.6 is 11.3 Å². The number of benzene rings is 1. The van der Waals surface area contributed by atoms with Crippen LogP contribution in [0.25, 0.3) is 0 Å². The van der Waals surface area contributed by atoms with Crippen LogP contribution in [0.4, 0.5) is 0 Å². The van der Waals surface area contributed by atoms with Gasteiger partial charge < -0.3 is 10.1 Å². The van der Waals surface area contributed by atoms with Crippen LogP contribution in [0.3, 0.4) is 0 Å². The first kappa shape index (κ1) is 15.2. The van der Waals surface area contributed by atoms with E-state index < -0.39 is 0 Å². The fraction of sp³-hybridized carbons (Fsp3) is 0.111. The molecule has 0 unspecified atom stereocenters. The summed E-state index contributed by atoms with van der Waals surface area (Å²) in [5.41, 5.74) is 2.07. The number of hydrogen-bond acceptors (Lipinski definition) is 4. The Labute approximate surface area is 138 Å². The summed E-state index contributed by atoms with van der Waals surface area (Å²) in [6, 6.07) is 15.0. The molecular formula is C18H16N2O2S. The van der Waals surface area contributed by atoms with E-state index in [0.29, 0.717) is 18.2 Å². The van der Waals surface area contributed by atoms with Crippen LogP contribution in [0.5, 0.6) is 11.6 Å². The Hall–Kier alpha value is -2.66. The molecule has 2 aromatic heterocycles. The van der Waals surface area contributed by atoms with Crippen LogP contribution in [-0.4, -0.2) is 10.9 Å². The first-order valence-corrected chi connectivity index (χ1v) is 8.10. The van der Waals surface area contributed by atoms with Gasteiger partial charge in [0.1, 0.15) is 5.75 Å². The van der Waals surface area contributed by atoms with Gasteiger partial charge in [-0.2, -0.15) is 0 Å². The smallest absolute Gasteiger partial charge is 0.261 e. The fourth-order valence-electron chi connectivity index (χ4n) is 2.07. The highest BCUT2D eigenvalue weighted by Crippen LogP contribution is 2.20. The van der Waals surface area contributed by atoms with E-state index in [0.717, 1.165) is 16.0 Å². The molecule has 5 heteroatoms. The number of carbonyl (C=O) groups excluding carboxylic acids is 1. The molecule has 2 heterocycles. The molecule has 4 nitrogen and oxygen atoms in total. The summed E-state index contributed by atoms with van der Waals surface area (Å²) in [5, 5.41) is 4.89. The highest BCUT2D eigenvalue weighted by atomic mass is 32.1. The molecule has 0 bridgehead atoms. The SMILES string of the molecule is Cc1csc(C(=O)NCc2cccc(Oc3ccccn3)c2)c1. The molecule has 1 amide bonds. The fourth-order valence-corrected chi connectivity index (χ4v) is 2.88. The van der Waals surface area contributed by atoms with Gasteiger partial charge in [0.15, 0.2) is 0 Å². The van der Waals surface area contributed by atoms with E-state index in [1.807, 2.05) is 54.8 Å². The Balaban J connectivity index is 1.62. The minimum Gasteiger partial charge on any atom is -0.439 e. The number of ether oxygens (including phenoxy) is 1. The third-order valence-electron chi connectivity index (χ3n) is 3.17. The van der Waals surface area contributed by atoms with E-state index in [2.05, 4.69) is 10.3 Å². The summed E-state index contributed by atoms with van der Waals surface area (Å²) < 4.78 is 5.69. The van der Waals surface area contributed by atoms with Crippen molar-refractivity contribution in [2.75, 3.05) is 0 Å². The summed E-state index contributed by atoms with van der Waals surface area (Å²) in [6.07, 6.45) is 1.68. The average molecular weight is 324 g/mol. The summed E-state index contributed by atoms with van der Waals surface area (Å²) in [4.78, 5) is 16.9. The van der Waals surface area contributed by atoms with Crippen molar-refractivity contribution in [3.05, 3.63) is 76.1 Å². The van der Waals surface area contributed by atoms with Gasteiger partial charge in [0.05, 0.1) is 4.88 Å². The van der Waals surface area contributed by atoms with Crippen molar-refractivity contribution in [2.45, 2.75) is 13.5 Å². The number of nitrogens with zero attached hydrogens (tertiary/aromatic N) is 1. The van der Waals surface area contributed by atoms with Crippen molar-refractivity contribution < 1.29 is 9.53 Å². The van der Waals surface area contributed by atoms with E-state index >= 15 is 0 Å². The molecule has 0 spiro atoms. The van der Waals surface area contributed by atoms with Gasteiger partial charge in [0.2, 0.25) is 5.88 Å². The molecule has 23 heavy (non-hydrogen) atoms. The molecule has 0 saturated carbocycles. The van der Waals surface area contributed by atoms with Crippen molar-refractivity contribution in [1.29, 1.82) is 0 Å². The molecule has 1 aromatic carbocycles. The zero-order valence-corrected chi connectivity index (χ0v) is 13.5. The summed E-state index contributed by atoms with van der Waals surface area (Å²) in [7, 11) is 0. The minimum atomic E-state index is -0.0563. The van der Waals surface area contributed by atoms with Crippen LogP contribution in [0.1, 0.15) is 20.8 Å². The first-order chi connectivity index (χ1) is 11.2. The molecule has 0 aliphatic carbocycles. The third-order valence-corrected chi connectivity index (χ3v) is 4.21. The topological polar surface area (TPSA) is 51.2 Å². The number of hydrogen-bond donors (Lipinski definition) is 1. The number of rotatable bonds is 5. The predicted molar refractivity (Wildman–Crippen MR) is 91.0 cm³/mol. The van der Waals surface area contributed by atoms with Gasteiger partial charge >= 0.3 is 0 Å². The monoisotopic (exact) mass is 324 g/mol. The molecule has 116 valence electrons. The molecule has 0 atom stereocenters. The second kappa shape index (κ2) is 7.07. The quantitative estimate of drug-likeness (QED) is 0.766. The second-order valence-electron chi connectivity index (χ2n) is 5.09. The van der Waals surface area contributed by atoms with E-state index in [1.54, 1.807) is 12.3 Å². The maximum atomic E-state index is 12.1. The standard InChI is InChI=1S/C18H16N2O2S/c1-13-9-16(23-12-13)18(21)20-11-14-5-4-6-15(10-14)22-17-7-2-3-8-19-17/h2-10,12H,11H2,1H3,(H,20,21). The highest BCUT2D eigenvalue weighted by Gasteiger charge is 2.08. The van der Waals surface area contributed by atoms with Gasteiger partial charge in [-0.25, -0.2) is 4.98 Å². The van der Waals surface area contributed by atoms with Crippen LogP contribution in [0.2, 0.25) is 0 Å². The van der Waals surface area contributed by atoms with Crippen molar-refractivity contribution >= 4 is 17.2 Å². The number of pyridine rings is 1. The lowest BCUT2D eigenvalue weighted by molar-refractivity contribution is 0.0955. The zero-order valence-electron chi connectivity index (χ0n) is 12.7. The summed E-state index contributed by atoms with van der Waals surface area (Å²) >= 11 is 1.45. The molecule has 3 aromatic rings. The summed E-state index contributed by atoms with van der Waals surface area (Å²) in [6.45, 7) is 2.43. The van der Waals surface area contributed by atoms with Crippen LogP contribution < -0.4 is 10.1 Å². The van der Waals surface area contributed by atoms with E-state index in [9.17, 15) is 4.79 Å². The lowest BCUT2D eigenvalue weighted by Gasteiger charge is -2.07. The van der Waals surface area contributed by atoms with Crippen LogP contribution in [0, 0.1) is 6.92 Å². The molecular weight excluding hydrogens is 308 g/mol. The average Bonchev–Trinajstić information content (AvgIpc) is 3.01. The van der Waals surface area contributed by atoms with E-state index in [1.165, 1.54) is 11.3 Å². The van der Waals surface area contributed by atoms with Crippen LogP contribution in [0.15, 0.2) is 60.1 Å². The molecule has 0 aliphatic heterocycles. The lowest BCUT2D eigenvalue weighted by atomic mass is 10.2. The number of nitrogens with one attached hydrogen (secondary N) is 1. The predicted octanol–water partition coefficient (Wildman–Crippen LogP) is 4.17. The van der Waals surface area contributed by atoms with Gasteiger partial charge in [-0.15, -0.1) is 11.3 Å². The normalized spacial score (nSPS) is 10.3. The minimum absolute atomic E-state index is 0.0563. The van der Waals surface area contributed by atoms with E-state index in [4.69, 9.17) is 4.74 Å². The zero-order chi connectivity index (χ0) is 16.1. The number of amides is 1. The Morgan fingerprint density at radius 2 is 2.13 bits per heavy atom. The number of thiophene rings is 1. The van der Waals surface area contributed by atoms with Gasteiger partial charge in [-0.3, -0.25) is 4.79 Å². The Kier molecular flexibility index (Phi) is 4.68. The molecule has 0 aliphatic rings. The molecule has 0 radical (unpaired) electrons. The van der Waals surface area contributed by atoms with Gasteiger partial charge in [0.25, 0.3) is 5.91 Å². The molecule has 0 fully saturated rings. The third kappa shape index (κ3) is 4.17. The number of aryl methyl sites for hydroxylation is 1. The van der Waals surface area contributed by atoms with Crippen LogP contribution in [-0.2, 0) is 6.54 Å². The first-order valence-electron chi connectivity index (χ1n) is 7.22. The Morgan fingerprint density at radius 1 is 1.22 bits per heavy atom. The van der Waals surface area contributed by atoms with Gasteiger partial charge in [-0.1, -0.05) is 18.2 Å². The second-order valence-corrected chi connectivity index (χ2v) is 6.00. The molecule has 1 N–H and O–H groups in total. The Bertz CT molecular complexity index is 800.